The second-order valence-electron chi connectivity index (χ2n) is 6.14. The van der Waals surface area contributed by atoms with Gasteiger partial charge in [0.2, 0.25) is 0 Å². The molecule has 0 heterocycles. The van der Waals surface area contributed by atoms with E-state index in [1.165, 1.54) is 0 Å². The van der Waals surface area contributed by atoms with Crippen molar-refractivity contribution in [1.82, 2.24) is 4.90 Å². The van der Waals surface area contributed by atoms with Crippen LogP contribution in [0.5, 0.6) is 0 Å². The molecule has 0 fully saturated rings. The van der Waals surface area contributed by atoms with Crippen LogP contribution in [-0.2, 0) is 0 Å². The second kappa shape index (κ2) is 7.69. The van der Waals surface area contributed by atoms with Crippen LogP contribution in [-0.4, -0.2) is 29.6 Å². The molecule has 1 N–H and O–H groups in total. The Kier molecular flexibility index (Phi) is 5.77. The molecule has 3 aromatic carbocycles. The maximum atomic E-state index is 10.9. The molecule has 0 spiro atoms. The van der Waals surface area contributed by atoms with Crippen molar-refractivity contribution in [3.8, 4) is 0 Å². The number of likely N-dealkylation sites (N-methyl/N-ethyl adjacent to an activating group) is 1. The van der Waals surface area contributed by atoms with Gasteiger partial charge in [-0.05, 0) is 65.1 Å². The molecule has 3 aromatic rings. The molecule has 0 bridgehead atoms. The molecule has 0 aliphatic heterocycles. The Labute approximate surface area is 162 Å². The van der Waals surface area contributed by atoms with E-state index in [0.717, 1.165) is 40.2 Å². The molecule has 132 valence electrons. The average molecular weight is 397 g/mol. The van der Waals surface area contributed by atoms with Crippen LogP contribution in [0, 0.1) is 0 Å². The van der Waals surface area contributed by atoms with Gasteiger partial charge < -0.3 is 10.0 Å². The summed E-state index contributed by atoms with van der Waals surface area (Å²) in [5.41, 5.74) is 0.857. The molecular formula is C20H20Cl3NO. The Morgan fingerprint density at radius 3 is 2.16 bits per heavy atom. The molecule has 0 saturated heterocycles. The summed E-state index contributed by atoms with van der Waals surface area (Å²) in [7, 11) is 0. The molecule has 25 heavy (non-hydrogen) atoms. The maximum Gasteiger partial charge on any atom is 0.0923 e. The van der Waals surface area contributed by atoms with Crippen molar-refractivity contribution < 1.29 is 5.11 Å². The zero-order valence-electron chi connectivity index (χ0n) is 14.2. The number of rotatable bonds is 5. The second-order valence-corrected chi connectivity index (χ2v) is 7.42. The number of aliphatic hydroxyl groups excluding tert-OH is 1. The summed E-state index contributed by atoms with van der Waals surface area (Å²) in [5, 5.41) is 16.4. The molecule has 1 unspecified atom stereocenters. The van der Waals surface area contributed by atoms with Gasteiger partial charge in [-0.1, -0.05) is 54.7 Å². The van der Waals surface area contributed by atoms with Crippen molar-refractivity contribution in [2.75, 3.05) is 19.6 Å². The standard InChI is InChI=1S/C20H20Cl3NO/c1-3-24(4-2)11-20(25)18-10-17-16(8-13(22)9-19(17)23)15-7-12(21)5-6-14(15)18/h5-10,20,25H,3-4,11H2,1-2H3. The highest BCUT2D eigenvalue weighted by atomic mass is 35.5. The van der Waals surface area contributed by atoms with Gasteiger partial charge in [0, 0.05) is 27.0 Å². The van der Waals surface area contributed by atoms with E-state index in [1.54, 1.807) is 6.07 Å². The van der Waals surface area contributed by atoms with Crippen molar-refractivity contribution in [3.63, 3.8) is 0 Å². The van der Waals surface area contributed by atoms with Crippen molar-refractivity contribution in [2.24, 2.45) is 0 Å². The molecule has 0 saturated carbocycles. The number of fused-ring (bicyclic) bond motifs is 3. The van der Waals surface area contributed by atoms with Gasteiger partial charge >= 0.3 is 0 Å². The monoisotopic (exact) mass is 395 g/mol. The Balaban J connectivity index is 2.27. The SMILES string of the molecule is CCN(CC)CC(O)c1cc2c(Cl)cc(Cl)cc2c2cc(Cl)ccc12. The van der Waals surface area contributed by atoms with Crippen LogP contribution in [0.2, 0.25) is 15.1 Å². The van der Waals surface area contributed by atoms with Gasteiger partial charge in [-0.2, -0.15) is 0 Å². The first-order chi connectivity index (χ1) is 11.9. The lowest BCUT2D eigenvalue weighted by Crippen LogP contribution is -2.28. The van der Waals surface area contributed by atoms with Gasteiger partial charge in [0.05, 0.1) is 6.10 Å². The van der Waals surface area contributed by atoms with Crippen molar-refractivity contribution in [3.05, 3.63) is 57.0 Å². The smallest absolute Gasteiger partial charge is 0.0923 e. The van der Waals surface area contributed by atoms with E-state index in [1.807, 2.05) is 30.3 Å². The fourth-order valence-electron chi connectivity index (χ4n) is 3.28. The summed E-state index contributed by atoms with van der Waals surface area (Å²) in [6.45, 7) is 6.53. The van der Waals surface area contributed by atoms with Crippen LogP contribution in [0.4, 0.5) is 0 Å². The molecule has 2 nitrogen and oxygen atoms in total. The third-order valence-electron chi connectivity index (χ3n) is 4.66. The molecule has 0 amide bonds. The minimum atomic E-state index is -0.611. The van der Waals surface area contributed by atoms with E-state index < -0.39 is 6.10 Å². The van der Waals surface area contributed by atoms with Crippen molar-refractivity contribution >= 4 is 56.3 Å². The summed E-state index contributed by atoms with van der Waals surface area (Å²) in [6, 6.07) is 11.3. The number of hydrogen-bond donors (Lipinski definition) is 1. The number of benzene rings is 3. The lowest BCUT2D eigenvalue weighted by Gasteiger charge is -2.23. The van der Waals surface area contributed by atoms with Gasteiger partial charge in [0.25, 0.3) is 0 Å². The molecule has 0 radical (unpaired) electrons. The normalized spacial score (nSPS) is 13.1. The predicted octanol–water partition coefficient (Wildman–Crippen LogP) is 6.33. The van der Waals surface area contributed by atoms with Crippen molar-refractivity contribution in [1.29, 1.82) is 0 Å². The third-order valence-corrected chi connectivity index (χ3v) is 5.43. The minimum absolute atomic E-state index is 0.570. The van der Waals surface area contributed by atoms with Gasteiger partial charge in [0.1, 0.15) is 0 Å². The first kappa shape index (κ1) is 18.8. The van der Waals surface area contributed by atoms with Gasteiger partial charge in [-0.15, -0.1) is 0 Å². The lowest BCUT2D eigenvalue weighted by molar-refractivity contribution is 0.120. The first-order valence-electron chi connectivity index (χ1n) is 8.36. The summed E-state index contributed by atoms with van der Waals surface area (Å²) in [4.78, 5) is 2.19. The van der Waals surface area contributed by atoms with Gasteiger partial charge in [-0.25, -0.2) is 0 Å². The zero-order valence-corrected chi connectivity index (χ0v) is 16.5. The largest absolute Gasteiger partial charge is 0.387 e. The topological polar surface area (TPSA) is 23.5 Å². The molecule has 5 heteroatoms. The fraction of sp³-hybridized carbons (Fsp3) is 0.300. The van der Waals surface area contributed by atoms with Crippen LogP contribution >= 0.6 is 34.8 Å². The highest BCUT2D eigenvalue weighted by Gasteiger charge is 2.18. The Morgan fingerprint density at radius 1 is 0.840 bits per heavy atom. The fourth-order valence-corrected chi connectivity index (χ4v) is 4.00. The number of halogens is 3. The molecule has 3 rings (SSSR count). The molecule has 0 aliphatic carbocycles. The molecule has 0 aromatic heterocycles. The minimum Gasteiger partial charge on any atom is -0.387 e. The van der Waals surface area contributed by atoms with Crippen LogP contribution in [0.15, 0.2) is 36.4 Å². The lowest BCUT2D eigenvalue weighted by atomic mass is 9.94. The van der Waals surface area contributed by atoms with Crippen LogP contribution in [0.1, 0.15) is 25.5 Å². The van der Waals surface area contributed by atoms with E-state index in [4.69, 9.17) is 34.8 Å². The van der Waals surface area contributed by atoms with Crippen LogP contribution in [0.3, 0.4) is 0 Å². The van der Waals surface area contributed by atoms with E-state index in [9.17, 15) is 5.11 Å². The van der Waals surface area contributed by atoms with Crippen LogP contribution < -0.4 is 0 Å². The average Bonchev–Trinajstić information content (AvgIpc) is 2.58. The first-order valence-corrected chi connectivity index (χ1v) is 9.49. The van der Waals surface area contributed by atoms with Gasteiger partial charge in [0.15, 0.2) is 0 Å². The van der Waals surface area contributed by atoms with Gasteiger partial charge in [-0.3, -0.25) is 0 Å². The number of nitrogens with zero attached hydrogens (tertiary/aromatic N) is 1. The summed E-state index contributed by atoms with van der Waals surface area (Å²) < 4.78 is 0. The number of hydrogen-bond acceptors (Lipinski definition) is 2. The van der Waals surface area contributed by atoms with Crippen LogP contribution in [0.25, 0.3) is 21.5 Å². The summed E-state index contributed by atoms with van der Waals surface area (Å²) in [6.07, 6.45) is -0.611. The van der Waals surface area contributed by atoms with E-state index in [2.05, 4.69) is 18.7 Å². The Morgan fingerprint density at radius 2 is 1.48 bits per heavy atom. The highest BCUT2D eigenvalue weighted by molar-refractivity contribution is 6.40. The predicted molar refractivity (Wildman–Crippen MR) is 109 cm³/mol. The van der Waals surface area contributed by atoms with E-state index in [0.29, 0.717) is 21.6 Å². The molecule has 0 aliphatic rings. The van der Waals surface area contributed by atoms with E-state index >= 15 is 0 Å². The Bertz CT molecular complexity index is 922. The number of aliphatic hydroxyl groups is 1. The van der Waals surface area contributed by atoms with Crippen molar-refractivity contribution in [2.45, 2.75) is 20.0 Å². The highest BCUT2D eigenvalue weighted by Crippen LogP contribution is 2.38. The maximum absolute atomic E-state index is 10.9. The quantitative estimate of drug-likeness (QED) is 0.509. The third kappa shape index (κ3) is 3.74. The Hall–Kier alpha value is -1.03. The summed E-state index contributed by atoms with van der Waals surface area (Å²) in [5.74, 6) is 0. The van der Waals surface area contributed by atoms with E-state index in [-0.39, 0.29) is 0 Å². The molecule has 1 atom stereocenters. The molecular weight excluding hydrogens is 377 g/mol. The summed E-state index contributed by atoms with van der Waals surface area (Å²) >= 11 is 18.9. The zero-order chi connectivity index (χ0) is 18.1.